The van der Waals surface area contributed by atoms with Crippen molar-refractivity contribution in [3.63, 3.8) is 0 Å². The van der Waals surface area contributed by atoms with E-state index in [-0.39, 0.29) is 11.8 Å². The van der Waals surface area contributed by atoms with Crippen LogP contribution in [0.4, 0.5) is 5.69 Å². The van der Waals surface area contributed by atoms with Crippen molar-refractivity contribution >= 4 is 28.8 Å². The molecular formula is C21H22N4O3S. The Morgan fingerprint density at radius 2 is 2.00 bits per heavy atom. The van der Waals surface area contributed by atoms with Crippen molar-refractivity contribution in [2.75, 3.05) is 5.32 Å². The topological polar surface area (TPSA) is 97.1 Å². The predicted molar refractivity (Wildman–Crippen MR) is 111 cm³/mol. The van der Waals surface area contributed by atoms with Crippen LogP contribution in [0.15, 0.2) is 40.9 Å². The first-order valence-electron chi connectivity index (χ1n) is 9.62. The number of carbonyl (C=O) groups is 2. The fourth-order valence-electron chi connectivity index (χ4n) is 3.05. The molecule has 29 heavy (non-hydrogen) atoms. The van der Waals surface area contributed by atoms with Crippen LogP contribution in [0.2, 0.25) is 0 Å². The largest absolute Gasteiger partial charge is 0.341 e. The van der Waals surface area contributed by atoms with Crippen molar-refractivity contribution in [3.05, 3.63) is 52.7 Å². The summed E-state index contributed by atoms with van der Waals surface area (Å²) in [4.78, 5) is 31.1. The first-order valence-corrected chi connectivity index (χ1v) is 10.4. The van der Waals surface area contributed by atoms with E-state index >= 15 is 0 Å². The maximum Gasteiger partial charge on any atom is 0.251 e. The van der Waals surface area contributed by atoms with Crippen molar-refractivity contribution in [1.29, 1.82) is 0 Å². The molecule has 1 atom stereocenters. The molecule has 0 unspecified atom stereocenters. The zero-order valence-corrected chi connectivity index (χ0v) is 17.1. The van der Waals surface area contributed by atoms with Crippen LogP contribution < -0.4 is 10.6 Å². The van der Waals surface area contributed by atoms with Gasteiger partial charge in [0, 0.05) is 16.4 Å². The third-order valence-corrected chi connectivity index (χ3v) is 6.12. The number of amides is 2. The highest BCUT2D eigenvalue weighted by molar-refractivity contribution is 7.16. The normalized spacial score (nSPS) is 14.8. The Morgan fingerprint density at radius 3 is 2.69 bits per heavy atom. The molecule has 0 spiro atoms. The summed E-state index contributed by atoms with van der Waals surface area (Å²) in [5.41, 5.74) is 1.20. The van der Waals surface area contributed by atoms with Crippen LogP contribution in [0.3, 0.4) is 0 Å². The van der Waals surface area contributed by atoms with E-state index in [1.165, 1.54) is 17.8 Å². The number of benzene rings is 1. The number of anilines is 1. The van der Waals surface area contributed by atoms with Gasteiger partial charge in [0.25, 0.3) is 5.91 Å². The molecule has 1 aromatic carbocycles. The number of thiophene rings is 1. The van der Waals surface area contributed by atoms with Gasteiger partial charge in [-0.05, 0) is 44.9 Å². The van der Waals surface area contributed by atoms with Gasteiger partial charge in [-0.25, -0.2) is 0 Å². The van der Waals surface area contributed by atoms with Gasteiger partial charge in [0.1, 0.15) is 6.04 Å². The van der Waals surface area contributed by atoms with E-state index in [4.69, 9.17) is 4.52 Å². The number of rotatable bonds is 6. The first-order chi connectivity index (χ1) is 14.0. The summed E-state index contributed by atoms with van der Waals surface area (Å²) >= 11 is 1.50. The maximum atomic E-state index is 12.5. The summed E-state index contributed by atoms with van der Waals surface area (Å²) in [5, 5.41) is 9.68. The molecule has 7 nitrogen and oxygen atoms in total. The van der Waals surface area contributed by atoms with Crippen LogP contribution in [0.1, 0.15) is 53.2 Å². The van der Waals surface area contributed by atoms with Gasteiger partial charge < -0.3 is 15.2 Å². The molecular weight excluding hydrogens is 388 g/mol. The van der Waals surface area contributed by atoms with E-state index in [9.17, 15) is 9.59 Å². The highest BCUT2D eigenvalue weighted by Gasteiger charge is 2.26. The number of nitrogens with zero attached hydrogens (tertiary/aromatic N) is 2. The average Bonchev–Trinajstić information content (AvgIpc) is 3.28. The van der Waals surface area contributed by atoms with Gasteiger partial charge in [0.05, 0.1) is 10.6 Å². The van der Waals surface area contributed by atoms with Gasteiger partial charge in [-0.1, -0.05) is 29.8 Å². The molecule has 2 N–H and O–H groups in total. The summed E-state index contributed by atoms with van der Waals surface area (Å²) in [7, 11) is 0. The van der Waals surface area contributed by atoms with E-state index in [2.05, 4.69) is 20.8 Å². The zero-order valence-electron chi connectivity index (χ0n) is 16.3. The lowest BCUT2D eigenvalue weighted by Gasteiger charge is -2.20. The third kappa shape index (κ3) is 4.22. The minimum absolute atomic E-state index is 0.286. The molecule has 1 aliphatic rings. The summed E-state index contributed by atoms with van der Waals surface area (Å²) in [5.74, 6) is 1.05. The monoisotopic (exact) mass is 410 g/mol. The van der Waals surface area contributed by atoms with Crippen LogP contribution in [0, 0.1) is 6.92 Å². The average molecular weight is 410 g/mol. The molecule has 1 aliphatic carbocycles. The van der Waals surface area contributed by atoms with E-state index in [0.717, 1.165) is 22.6 Å². The Kier molecular flexibility index (Phi) is 5.44. The standard InChI is InChI=1S/C21H22N4O3S/c1-12(22-20(27)14-7-4-3-5-8-14)19(26)23-16-11-17(29-13(16)2)18-24-21(28-25-18)15-9-6-10-15/h3-5,7-8,11-12,15H,6,9-10H2,1-2H3,(H,22,27)(H,23,26)/t12-/m1/s1. The molecule has 0 aliphatic heterocycles. The number of aryl methyl sites for hydroxylation is 1. The Morgan fingerprint density at radius 1 is 1.24 bits per heavy atom. The number of aromatic nitrogens is 2. The number of hydrogen-bond donors (Lipinski definition) is 2. The van der Waals surface area contributed by atoms with Gasteiger partial charge in [0.2, 0.25) is 17.6 Å². The van der Waals surface area contributed by atoms with E-state index in [1.807, 2.05) is 19.1 Å². The van der Waals surface area contributed by atoms with Gasteiger partial charge in [-0.15, -0.1) is 11.3 Å². The van der Waals surface area contributed by atoms with Crippen LogP contribution in [0.25, 0.3) is 10.7 Å². The summed E-state index contributed by atoms with van der Waals surface area (Å²) in [6, 6.07) is 9.98. The van der Waals surface area contributed by atoms with Gasteiger partial charge in [-0.2, -0.15) is 4.98 Å². The lowest BCUT2D eigenvalue weighted by molar-refractivity contribution is -0.117. The van der Waals surface area contributed by atoms with Crippen LogP contribution in [-0.4, -0.2) is 28.0 Å². The van der Waals surface area contributed by atoms with Gasteiger partial charge in [-0.3, -0.25) is 9.59 Å². The highest BCUT2D eigenvalue weighted by Crippen LogP contribution is 2.38. The third-order valence-electron chi connectivity index (χ3n) is 5.07. The minimum atomic E-state index is -0.680. The van der Waals surface area contributed by atoms with E-state index in [0.29, 0.717) is 28.9 Å². The second-order valence-corrected chi connectivity index (χ2v) is 8.47. The fraction of sp³-hybridized carbons (Fsp3) is 0.333. The quantitative estimate of drug-likeness (QED) is 0.637. The van der Waals surface area contributed by atoms with Crippen molar-refractivity contribution < 1.29 is 14.1 Å². The summed E-state index contributed by atoms with van der Waals surface area (Å²) < 4.78 is 5.39. The van der Waals surface area contributed by atoms with Crippen LogP contribution in [-0.2, 0) is 4.79 Å². The lowest BCUT2D eigenvalue weighted by atomic mass is 9.85. The first kappa shape index (κ1) is 19.3. The molecule has 2 aromatic heterocycles. The number of nitrogens with one attached hydrogen (secondary N) is 2. The molecule has 0 radical (unpaired) electrons. The molecule has 1 saturated carbocycles. The Bertz CT molecular complexity index is 1020. The minimum Gasteiger partial charge on any atom is -0.341 e. The summed E-state index contributed by atoms with van der Waals surface area (Å²) in [6.45, 7) is 3.58. The Hall–Kier alpha value is -3.00. The lowest BCUT2D eigenvalue weighted by Crippen LogP contribution is -2.41. The predicted octanol–water partition coefficient (Wildman–Crippen LogP) is 4.13. The van der Waals surface area contributed by atoms with Crippen molar-refractivity contribution in [3.8, 4) is 10.7 Å². The smallest absolute Gasteiger partial charge is 0.251 e. The molecule has 0 saturated heterocycles. The van der Waals surface area contributed by atoms with Gasteiger partial charge >= 0.3 is 0 Å². The molecule has 8 heteroatoms. The highest BCUT2D eigenvalue weighted by atomic mass is 32.1. The summed E-state index contributed by atoms with van der Waals surface area (Å²) in [6.07, 6.45) is 3.40. The molecule has 2 amide bonds. The van der Waals surface area contributed by atoms with E-state index < -0.39 is 6.04 Å². The molecule has 3 aromatic rings. The van der Waals surface area contributed by atoms with Crippen molar-refractivity contribution in [2.24, 2.45) is 0 Å². The molecule has 150 valence electrons. The van der Waals surface area contributed by atoms with Crippen LogP contribution in [0.5, 0.6) is 0 Å². The molecule has 0 bridgehead atoms. The van der Waals surface area contributed by atoms with E-state index in [1.54, 1.807) is 31.2 Å². The van der Waals surface area contributed by atoms with Crippen molar-refractivity contribution in [2.45, 2.75) is 45.1 Å². The molecule has 2 heterocycles. The Balaban J connectivity index is 1.40. The number of hydrogen-bond acceptors (Lipinski definition) is 6. The zero-order chi connectivity index (χ0) is 20.4. The van der Waals surface area contributed by atoms with Crippen LogP contribution >= 0.6 is 11.3 Å². The van der Waals surface area contributed by atoms with Crippen molar-refractivity contribution in [1.82, 2.24) is 15.5 Å². The fourth-order valence-corrected chi connectivity index (χ4v) is 3.95. The maximum absolute atomic E-state index is 12.5. The second kappa shape index (κ2) is 8.16. The number of carbonyl (C=O) groups excluding carboxylic acids is 2. The SMILES string of the molecule is Cc1sc(-c2noc(C3CCC3)n2)cc1NC(=O)[C@@H](C)NC(=O)c1ccccc1. The van der Waals surface area contributed by atoms with Gasteiger partial charge in [0.15, 0.2) is 0 Å². The molecule has 4 rings (SSSR count). The second-order valence-electron chi connectivity index (χ2n) is 7.21. The molecule has 1 fully saturated rings. The Labute approximate surface area is 172 Å².